The maximum Gasteiger partial charge on any atom is 0.123 e. The number of halogens is 1. The van der Waals surface area contributed by atoms with Gasteiger partial charge in [-0.05, 0) is 45.2 Å². The van der Waals surface area contributed by atoms with Gasteiger partial charge in [0.2, 0.25) is 0 Å². The van der Waals surface area contributed by atoms with Gasteiger partial charge in [0.15, 0.2) is 0 Å². The van der Waals surface area contributed by atoms with Gasteiger partial charge >= 0.3 is 0 Å². The molecule has 1 unspecified atom stereocenters. The zero-order chi connectivity index (χ0) is 18.8. The second kappa shape index (κ2) is 8.43. The lowest BCUT2D eigenvalue weighted by Gasteiger charge is -2.30. The Morgan fingerprint density at radius 2 is 1.31 bits per heavy atom. The molecule has 26 heavy (non-hydrogen) atoms. The van der Waals surface area contributed by atoms with Gasteiger partial charge in [0.1, 0.15) is 5.75 Å². The van der Waals surface area contributed by atoms with E-state index >= 15 is 0 Å². The number of hydrogen-bond donors (Lipinski definition) is 2. The summed E-state index contributed by atoms with van der Waals surface area (Å²) in [4.78, 5) is 5.28. The molecule has 3 nitrogen and oxygen atoms in total. The third-order valence-corrected chi connectivity index (χ3v) is 4.45. The zero-order valence-corrected chi connectivity index (χ0v) is 17.7. The lowest BCUT2D eigenvalue weighted by Crippen LogP contribution is -2.24. The Labute approximate surface area is 164 Å². The van der Waals surface area contributed by atoms with Crippen LogP contribution >= 0.6 is 12.4 Å². The van der Waals surface area contributed by atoms with Crippen molar-refractivity contribution < 1.29 is 9.94 Å². The number of phenols is 1. The van der Waals surface area contributed by atoms with Gasteiger partial charge in [-0.15, -0.1) is 12.4 Å². The molecule has 0 saturated heterocycles. The van der Waals surface area contributed by atoms with Gasteiger partial charge in [-0.25, -0.2) is 0 Å². The van der Waals surface area contributed by atoms with Gasteiger partial charge in [-0.2, -0.15) is 5.48 Å². The molecular weight excluding hydrogens is 346 g/mol. The molecule has 0 aliphatic heterocycles. The van der Waals surface area contributed by atoms with Crippen LogP contribution in [0.15, 0.2) is 42.5 Å². The fraction of sp³-hybridized carbons (Fsp3) is 0.455. The van der Waals surface area contributed by atoms with E-state index in [1.54, 1.807) is 7.11 Å². The average Bonchev–Trinajstić information content (AvgIpc) is 2.51. The monoisotopic (exact) mass is 377 g/mol. The van der Waals surface area contributed by atoms with E-state index in [4.69, 9.17) is 4.84 Å². The molecule has 0 amide bonds. The number of phenolic OH excluding ortho intramolecular Hbond substituents is 1. The molecule has 2 N–H and O–H groups in total. The van der Waals surface area contributed by atoms with Crippen LogP contribution in [0, 0.1) is 0 Å². The number of nitrogens with one attached hydrogen (secondary N) is 1. The Balaban J connectivity index is 0.00000338. The number of hydrogen-bond acceptors (Lipinski definition) is 3. The summed E-state index contributed by atoms with van der Waals surface area (Å²) in [5.74, 6) is 0.396. The molecule has 2 aromatic carbocycles. The van der Waals surface area contributed by atoms with Crippen molar-refractivity contribution in [3.8, 4) is 5.75 Å². The van der Waals surface area contributed by atoms with Crippen LogP contribution in [0.2, 0.25) is 0 Å². The minimum Gasteiger partial charge on any atom is -0.507 e. The average molecular weight is 378 g/mol. The van der Waals surface area contributed by atoms with Crippen LogP contribution in [-0.2, 0) is 15.7 Å². The van der Waals surface area contributed by atoms with Crippen LogP contribution in [0.4, 0.5) is 0 Å². The molecule has 2 rings (SSSR count). The molecule has 0 spiro atoms. The second-order valence-corrected chi connectivity index (χ2v) is 8.63. The number of hydroxylamine groups is 1. The summed E-state index contributed by atoms with van der Waals surface area (Å²) in [6.07, 6.45) is 0. The number of benzene rings is 2. The molecule has 0 aliphatic rings. The van der Waals surface area contributed by atoms with E-state index in [0.717, 1.165) is 22.3 Å². The van der Waals surface area contributed by atoms with E-state index in [1.165, 1.54) is 0 Å². The molecule has 0 radical (unpaired) electrons. The highest BCUT2D eigenvalue weighted by Crippen LogP contribution is 2.41. The van der Waals surface area contributed by atoms with Crippen LogP contribution in [0.5, 0.6) is 5.75 Å². The standard InChI is InChI=1S/C22H31NO2.ClH/c1-21(2,3)17-13-16(14-18(20(17)24)22(4,5)6)19(23-25-7)15-11-9-8-10-12-15;/h8-14,19,23-24H,1-7H3;1H. The van der Waals surface area contributed by atoms with Crippen molar-refractivity contribution in [2.24, 2.45) is 0 Å². The van der Waals surface area contributed by atoms with Crippen molar-refractivity contribution in [1.29, 1.82) is 0 Å². The van der Waals surface area contributed by atoms with E-state index in [2.05, 4.69) is 71.3 Å². The predicted molar refractivity (Wildman–Crippen MR) is 111 cm³/mol. The summed E-state index contributed by atoms with van der Waals surface area (Å²) in [5.41, 5.74) is 6.90. The molecule has 0 aliphatic carbocycles. The molecule has 0 heterocycles. The third-order valence-electron chi connectivity index (χ3n) is 4.45. The minimum atomic E-state index is -0.158. The van der Waals surface area contributed by atoms with Gasteiger partial charge < -0.3 is 9.94 Å². The van der Waals surface area contributed by atoms with Crippen molar-refractivity contribution in [2.45, 2.75) is 58.4 Å². The summed E-state index contributed by atoms with van der Waals surface area (Å²) >= 11 is 0. The Hall–Kier alpha value is -1.55. The molecule has 144 valence electrons. The lowest BCUT2D eigenvalue weighted by atomic mass is 9.77. The fourth-order valence-corrected chi connectivity index (χ4v) is 3.06. The molecule has 0 saturated carbocycles. The summed E-state index contributed by atoms with van der Waals surface area (Å²) in [5, 5.41) is 10.9. The van der Waals surface area contributed by atoms with E-state index < -0.39 is 0 Å². The van der Waals surface area contributed by atoms with Crippen molar-refractivity contribution in [2.75, 3.05) is 7.11 Å². The summed E-state index contributed by atoms with van der Waals surface area (Å²) < 4.78 is 0. The van der Waals surface area contributed by atoms with E-state index in [0.29, 0.717) is 5.75 Å². The van der Waals surface area contributed by atoms with Gasteiger partial charge in [0.05, 0.1) is 13.2 Å². The quantitative estimate of drug-likeness (QED) is 0.676. The summed E-state index contributed by atoms with van der Waals surface area (Å²) in [6.45, 7) is 12.7. The summed E-state index contributed by atoms with van der Waals surface area (Å²) in [6, 6.07) is 14.3. The highest BCUT2D eigenvalue weighted by atomic mass is 35.5. The van der Waals surface area contributed by atoms with Gasteiger partial charge in [-0.3, -0.25) is 0 Å². The third kappa shape index (κ3) is 5.00. The Morgan fingerprint density at radius 3 is 1.69 bits per heavy atom. The molecule has 4 heteroatoms. The first-order chi connectivity index (χ1) is 11.6. The number of aromatic hydroxyl groups is 1. The van der Waals surface area contributed by atoms with Crippen molar-refractivity contribution in [3.63, 3.8) is 0 Å². The highest BCUT2D eigenvalue weighted by molar-refractivity contribution is 5.85. The smallest absolute Gasteiger partial charge is 0.123 e. The first-order valence-electron chi connectivity index (χ1n) is 8.77. The van der Waals surface area contributed by atoms with E-state index in [1.807, 2.05) is 18.2 Å². The highest BCUT2D eigenvalue weighted by Gasteiger charge is 2.28. The molecular formula is C22H32ClNO2. The molecule has 0 fully saturated rings. The number of rotatable bonds is 4. The first-order valence-corrected chi connectivity index (χ1v) is 8.77. The largest absolute Gasteiger partial charge is 0.507 e. The van der Waals surface area contributed by atoms with Crippen molar-refractivity contribution >= 4 is 12.4 Å². The maximum absolute atomic E-state index is 10.9. The Kier molecular flexibility index (Phi) is 7.29. The zero-order valence-electron chi connectivity index (χ0n) is 16.9. The SMILES string of the molecule is CONC(c1ccccc1)c1cc(C(C)(C)C)c(O)c(C(C)(C)C)c1.Cl. The Bertz CT molecular complexity index is 680. The van der Waals surface area contributed by atoms with Crippen LogP contribution in [0.25, 0.3) is 0 Å². The lowest BCUT2D eigenvalue weighted by molar-refractivity contribution is 0.0715. The molecule has 0 aromatic heterocycles. The van der Waals surface area contributed by atoms with Gasteiger partial charge in [0.25, 0.3) is 0 Å². The van der Waals surface area contributed by atoms with Gasteiger partial charge in [-0.1, -0.05) is 71.9 Å². The molecule has 1 atom stereocenters. The van der Waals surface area contributed by atoms with Crippen LogP contribution in [0.3, 0.4) is 0 Å². The molecule has 0 bridgehead atoms. The van der Waals surface area contributed by atoms with E-state index in [-0.39, 0.29) is 29.3 Å². The molecule has 2 aromatic rings. The van der Waals surface area contributed by atoms with Crippen LogP contribution in [-0.4, -0.2) is 12.2 Å². The second-order valence-electron chi connectivity index (χ2n) is 8.63. The first kappa shape index (κ1) is 22.5. The van der Waals surface area contributed by atoms with Gasteiger partial charge in [0, 0.05) is 0 Å². The topological polar surface area (TPSA) is 41.5 Å². The van der Waals surface area contributed by atoms with E-state index in [9.17, 15) is 5.11 Å². The van der Waals surface area contributed by atoms with Crippen LogP contribution < -0.4 is 5.48 Å². The minimum absolute atomic E-state index is 0. The fourth-order valence-electron chi connectivity index (χ4n) is 3.06. The normalized spacial score (nSPS) is 13.2. The van der Waals surface area contributed by atoms with Crippen molar-refractivity contribution in [3.05, 3.63) is 64.7 Å². The predicted octanol–water partition coefficient (Wildman–Crippen LogP) is 5.65. The summed E-state index contributed by atoms with van der Waals surface area (Å²) in [7, 11) is 1.63. The maximum atomic E-state index is 10.9. The van der Waals surface area contributed by atoms with Crippen LogP contribution in [0.1, 0.15) is 69.8 Å². The van der Waals surface area contributed by atoms with Crippen molar-refractivity contribution in [1.82, 2.24) is 5.48 Å². The Morgan fingerprint density at radius 1 is 0.846 bits per heavy atom.